The highest BCUT2D eigenvalue weighted by atomic mass is 14.7. The van der Waals surface area contributed by atoms with Crippen molar-refractivity contribution in [2.24, 2.45) is 11.1 Å². The van der Waals surface area contributed by atoms with E-state index in [0.29, 0.717) is 5.84 Å². The van der Waals surface area contributed by atoms with E-state index in [9.17, 15) is 0 Å². The number of nitrogens with two attached hydrogens (primary N) is 1. The van der Waals surface area contributed by atoms with Crippen molar-refractivity contribution in [3.8, 4) is 0 Å². The summed E-state index contributed by atoms with van der Waals surface area (Å²) in [6.07, 6.45) is 3.04. The average Bonchev–Trinajstić information content (AvgIpc) is 1.59. The molecule has 2 heteroatoms. The summed E-state index contributed by atoms with van der Waals surface area (Å²) in [6, 6.07) is 0. The number of hydrogen-bond acceptors (Lipinski definition) is 1. The summed E-state index contributed by atoms with van der Waals surface area (Å²) in [7, 11) is 0. The highest BCUT2D eigenvalue weighted by Gasteiger charge is 2.16. The number of nitrogens with one attached hydrogen (secondary N) is 1. The second-order valence-electron chi connectivity index (χ2n) is 3.62. The summed E-state index contributed by atoms with van der Waals surface area (Å²) in [5, 5.41) is 7.11. The third kappa shape index (κ3) is 4.36. The van der Waals surface area contributed by atoms with Gasteiger partial charge in [-0.2, -0.15) is 0 Å². The minimum absolute atomic E-state index is 0.223. The topological polar surface area (TPSA) is 49.9 Å². The van der Waals surface area contributed by atoms with Gasteiger partial charge in [0.15, 0.2) is 0 Å². The van der Waals surface area contributed by atoms with E-state index in [1.165, 1.54) is 6.42 Å². The molecule has 0 bridgehead atoms. The molecular weight excluding hydrogens is 124 g/mol. The SMILES string of the molecule is CCCC(C)(C)CC(=N)N. The van der Waals surface area contributed by atoms with Crippen LogP contribution in [0.3, 0.4) is 0 Å². The third-order valence-corrected chi connectivity index (χ3v) is 1.60. The molecule has 0 atom stereocenters. The molecule has 0 aliphatic carbocycles. The first-order valence-electron chi connectivity index (χ1n) is 3.81. The van der Waals surface area contributed by atoms with Crippen LogP contribution in [0.25, 0.3) is 0 Å². The lowest BCUT2D eigenvalue weighted by atomic mass is 9.84. The van der Waals surface area contributed by atoms with Crippen LogP contribution < -0.4 is 5.73 Å². The fraction of sp³-hybridized carbons (Fsp3) is 0.875. The Balaban J connectivity index is 3.74. The summed E-state index contributed by atoms with van der Waals surface area (Å²) in [4.78, 5) is 0. The molecule has 3 N–H and O–H groups in total. The van der Waals surface area contributed by atoms with Crippen molar-refractivity contribution in [2.75, 3.05) is 0 Å². The lowest BCUT2D eigenvalue weighted by Crippen LogP contribution is -2.21. The Morgan fingerprint density at radius 2 is 2.00 bits per heavy atom. The standard InChI is InChI=1S/C8H18N2/c1-4-5-8(2,3)6-7(9)10/h4-6H2,1-3H3,(H3,9,10). The van der Waals surface area contributed by atoms with Gasteiger partial charge in [0.25, 0.3) is 0 Å². The molecular formula is C8H18N2. The lowest BCUT2D eigenvalue weighted by Gasteiger charge is -2.22. The molecule has 0 unspecified atom stereocenters. The van der Waals surface area contributed by atoms with Gasteiger partial charge in [0, 0.05) is 6.42 Å². The van der Waals surface area contributed by atoms with Gasteiger partial charge < -0.3 is 5.73 Å². The summed E-state index contributed by atoms with van der Waals surface area (Å²) in [5.41, 5.74) is 5.51. The van der Waals surface area contributed by atoms with Crippen molar-refractivity contribution in [3.63, 3.8) is 0 Å². The third-order valence-electron chi connectivity index (χ3n) is 1.60. The van der Waals surface area contributed by atoms with Gasteiger partial charge in [0.2, 0.25) is 0 Å². The first-order chi connectivity index (χ1) is 4.48. The van der Waals surface area contributed by atoms with E-state index >= 15 is 0 Å². The second-order valence-corrected chi connectivity index (χ2v) is 3.62. The molecule has 0 aliphatic heterocycles. The Morgan fingerprint density at radius 3 is 2.30 bits per heavy atom. The van der Waals surface area contributed by atoms with Crippen LogP contribution in [0.4, 0.5) is 0 Å². The molecule has 0 fully saturated rings. The molecule has 0 aromatic heterocycles. The lowest BCUT2D eigenvalue weighted by molar-refractivity contribution is 0.345. The quantitative estimate of drug-likeness (QED) is 0.458. The molecule has 0 aromatic rings. The van der Waals surface area contributed by atoms with Crippen molar-refractivity contribution in [2.45, 2.75) is 40.0 Å². The van der Waals surface area contributed by atoms with Crippen LogP contribution in [0.1, 0.15) is 40.0 Å². The molecule has 0 saturated heterocycles. The highest BCUT2D eigenvalue weighted by Crippen LogP contribution is 2.25. The van der Waals surface area contributed by atoms with E-state index in [1.807, 2.05) is 0 Å². The van der Waals surface area contributed by atoms with E-state index in [-0.39, 0.29) is 5.41 Å². The zero-order valence-electron chi connectivity index (χ0n) is 7.20. The van der Waals surface area contributed by atoms with Crippen LogP contribution in [0.5, 0.6) is 0 Å². The van der Waals surface area contributed by atoms with Crippen LogP contribution >= 0.6 is 0 Å². The zero-order chi connectivity index (χ0) is 8.20. The molecule has 0 saturated carbocycles. The fourth-order valence-electron chi connectivity index (χ4n) is 1.28. The maximum absolute atomic E-state index is 7.11. The molecule has 0 heterocycles. The normalized spacial score (nSPS) is 11.5. The summed E-state index contributed by atoms with van der Waals surface area (Å²) < 4.78 is 0. The van der Waals surface area contributed by atoms with Crippen molar-refractivity contribution in [3.05, 3.63) is 0 Å². The number of hydrogen-bond donors (Lipinski definition) is 2. The van der Waals surface area contributed by atoms with Gasteiger partial charge in [-0.15, -0.1) is 0 Å². The predicted octanol–water partition coefficient (Wildman–Crippen LogP) is 2.14. The van der Waals surface area contributed by atoms with Crippen molar-refractivity contribution in [1.29, 1.82) is 5.41 Å². The minimum atomic E-state index is 0.223. The smallest absolute Gasteiger partial charge is 0.0910 e. The first-order valence-corrected chi connectivity index (χ1v) is 3.81. The Labute approximate surface area is 63.3 Å². The first kappa shape index (κ1) is 9.47. The Morgan fingerprint density at radius 1 is 1.50 bits per heavy atom. The fourth-order valence-corrected chi connectivity index (χ4v) is 1.28. The van der Waals surface area contributed by atoms with E-state index in [0.717, 1.165) is 12.8 Å². The minimum Gasteiger partial charge on any atom is -0.388 e. The molecule has 0 aliphatic rings. The van der Waals surface area contributed by atoms with Crippen LogP contribution in [-0.4, -0.2) is 5.84 Å². The van der Waals surface area contributed by atoms with Gasteiger partial charge in [-0.3, -0.25) is 5.41 Å². The molecule has 2 nitrogen and oxygen atoms in total. The second kappa shape index (κ2) is 3.59. The monoisotopic (exact) mass is 142 g/mol. The summed E-state index contributed by atoms with van der Waals surface area (Å²) >= 11 is 0. The molecule has 0 amide bonds. The molecule has 0 aromatic carbocycles. The van der Waals surface area contributed by atoms with Gasteiger partial charge in [0.1, 0.15) is 0 Å². The van der Waals surface area contributed by atoms with E-state index < -0.39 is 0 Å². The molecule has 60 valence electrons. The Kier molecular flexibility index (Phi) is 3.40. The van der Waals surface area contributed by atoms with Crippen LogP contribution in [0, 0.1) is 10.8 Å². The maximum atomic E-state index is 7.11. The number of rotatable bonds is 4. The van der Waals surface area contributed by atoms with Crippen LogP contribution in [0.2, 0.25) is 0 Å². The Hall–Kier alpha value is -0.530. The summed E-state index contributed by atoms with van der Waals surface area (Å²) in [5.74, 6) is 0.304. The van der Waals surface area contributed by atoms with E-state index in [2.05, 4.69) is 20.8 Å². The van der Waals surface area contributed by atoms with Crippen molar-refractivity contribution < 1.29 is 0 Å². The van der Waals surface area contributed by atoms with Crippen molar-refractivity contribution >= 4 is 5.84 Å². The number of amidine groups is 1. The van der Waals surface area contributed by atoms with Gasteiger partial charge in [-0.25, -0.2) is 0 Å². The Bertz CT molecular complexity index is 116. The summed E-state index contributed by atoms with van der Waals surface area (Å²) in [6.45, 7) is 6.46. The van der Waals surface area contributed by atoms with Gasteiger partial charge in [-0.05, 0) is 11.8 Å². The molecule has 10 heavy (non-hydrogen) atoms. The average molecular weight is 142 g/mol. The van der Waals surface area contributed by atoms with Gasteiger partial charge in [-0.1, -0.05) is 27.2 Å². The maximum Gasteiger partial charge on any atom is 0.0910 e. The van der Waals surface area contributed by atoms with E-state index in [1.54, 1.807) is 0 Å². The molecule has 0 radical (unpaired) electrons. The van der Waals surface area contributed by atoms with Gasteiger partial charge >= 0.3 is 0 Å². The van der Waals surface area contributed by atoms with E-state index in [4.69, 9.17) is 11.1 Å². The zero-order valence-corrected chi connectivity index (χ0v) is 7.20. The largest absolute Gasteiger partial charge is 0.388 e. The molecule has 0 rings (SSSR count). The van der Waals surface area contributed by atoms with Crippen LogP contribution in [0.15, 0.2) is 0 Å². The predicted molar refractivity (Wildman–Crippen MR) is 45.2 cm³/mol. The van der Waals surface area contributed by atoms with Crippen molar-refractivity contribution in [1.82, 2.24) is 0 Å². The highest BCUT2D eigenvalue weighted by molar-refractivity contribution is 5.77. The van der Waals surface area contributed by atoms with Crippen LogP contribution in [-0.2, 0) is 0 Å². The van der Waals surface area contributed by atoms with Gasteiger partial charge in [0.05, 0.1) is 5.84 Å². The molecule has 0 spiro atoms.